The smallest absolute Gasteiger partial charge is 0.256 e. The van der Waals surface area contributed by atoms with Gasteiger partial charge in [-0.05, 0) is 46.3 Å². The number of carbonyl (C=O) groups excluding carboxylic acids is 1. The topological polar surface area (TPSA) is 32.3 Å². The Balaban J connectivity index is 2.34. The summed E-state index contributed by atoms with van der Waals surface area (Å²) in [6, 6.07) is 10.4. The van der Waals surface area contributed by atoms with Gasteiger partial charge in [-0.3, -0.25) is 4.79 Å². The lowest BCUT2D eigenvalue weighted by atomic mass is 10.2. The predicted octanol–water partition coefficient (Wildman–Crippen LogP) is 5.07. The van der Waals surface area contributed by atoms with Gasteiger partial charge >= 0.3 is 0 Å². The summed E-state index contributed by atoms with van der Waals surface area (Å²) < 4.78 is 0.640. The van der Waals surface area contributed by atoms with Gasteiger partial charge in [0.05, 0.1) is 22.0 Å². The van der Waals surface area contributed by atoms with E-state index in [1.807, 2.05) is 25.1 Å². The number of hydrogen-bond donors (Lipinski definition) is 1. The van der Waals surface area contributed by atoms with E-state index < -0.39 is 0 Å². The number of benzene rings is 2. The molecule has 6 heteroatoms. The van der Waals surface area contributed by atoms with Crippen LogP contribution in [-0.4, -0.2) is 20.0 Å². The number of halogens is 3. The summed E-state index contributed by atoms with van der Waals surface area (Å²) in [5, 5.41) is 4.01. The Kier molecular flexibility index (Phi) is 5.14. The molecule has 21 heavy (non-hydrogen) atoms. The zero-order valence-electron chi connectivity index (χ0n) is 11.5. The Hall–Kier alpha value is -1.23. The third-order valence-corrected chi connectivity index (χ3v) is 4.05. The third-order valence-electron chi connectivity index (χ3n) is 2.86. The second kappa shape index (κ2) is 6.69. The lowest BCUT2D eigenvalue weighted by Gasteiger charge is -2.19. The van der Waals surface area contributed by atoms with E-state index in [4.69, 9.17) is 23.2 Å². The highest BCUT2D eigenvalue weighted by molar-refractivity contribution is 9.10. The molecular weight excluding hydrogens is 375 g/mol. The molecule has 0 aromatic heterocycles. The first-order valence-corrected chi connectivity index (χ1v) is 7.67. The molecule has 0 heterocycles. The fourth-order valence-electron chi connectivity index (χ4n) is 1.93. The number of nitrogens with zero attached hydrogens (tertiary/aromatic N) is 1. The molecule has 0 saturated carbocycles. The van der Waals surface area contributed by atoms with Crippen LogP contribution >= 0.6 is 39.1 Å². The second-order valence-corrected chi connectivity index (χ2v) is 6.31. The molecule has 2 aromatic carbocycles. The number of para-hydroxylation sites is 1. The molecule has 0 atom stereocenters. The van der Waals surface area contributed by atoms with Crippen molar-refractivity contribution in [2.24, 2.45) is 0 Å². The molecule has 3 nitrogen and oxygen atoms in total. The summed E-state index contributed by atoms with van der Waals surface area (Å²) in [7, 11) is 3.74. The molecule has 110 valence electrons. The predicted molar refractivity (Wildman–Crippen MR) is 92.9 cm³/mol. The lowest BCUT2D eigenvalue weighted by molar-refractivity contribution is 0.102. The van der Waals surface area contributed by atoms with Crippen molar-refractivity contribution < 1.29 is 4.79 Å². The highest BCUT2D eigenvalue weighted by Crippen LogP contribution is 2.33. The molecule has 0 aliphatic rings. The number of anilines is 2. The van der Waals surface area contributed by atoms with Gasteiger partial charge in [0.15, 0.2) is 0 Å². The summed E-state index contributed by atoms with van der Waals surface area (Å²) in [5.74, 6) is -0.232. The van der Waals surface area contributed by atoms with E-state index in [0.29, 0.717) is 25.8 Å². The highest BCUT2D eigenvalue weighted by Gasteiger charge is 2.15. The first kappa shape index (κ1) is 16.1. The maximum atomic E-state index is 12.4. The minimum Gasteiger partial charge on any atom is -0.375 e. The normalized spacial score (nSPS) is 10.3. The van der Waals surface area contributed by atoms with E-state index in [-0.39, 0.29) is 5.91 Å². The second-order valence-electron chi connectivity index (χ2n) is 4.61. The van der Waals surface area contributed by atoms with Gasteiger partial charge in [-0.1, -0.05) is 29.3 Å². The maximum Gasteiger partial charge on any atom is 0.256 e. The molecule has 1 N–H and O–H groups in total. The minimum atomic E-state index is -0.232. The van der Waals surface area contributed by atoms with Crippen molar-refractivity contribution in [1.82, 2.24) is 0 Å². The number of hydrogen-bond acceptors (Lipinski definition) is 2. The van der Waals surface area contributed by atoms with Crippen LogP contribution in [0, 0.1) is 0 Å². The Labute approximate surface area is 142 Å². The number of carbonyl (C=O) groups is 1. The van der Waals surface area contributed by atoms with Gasteiger partial charge in [0, 0.05) is 23.6 Å². The third kappa shape index (κ3) is 3.70. The van der Waals surface area contributed by atoms with Crippen LogP contribution in [0.3, 0.4) is 0 Å². The summed E-state index contributed by atoms with van der Waals surface area (Å²) in [6.45, 7) is 0. The first-order valence-electron chi connectivity index (χ1n) is 6.12. The fraction of sp³-hybridized carbons (Fsp3) is 0.133. The molecule has 0 radical (unpaired) electrons. The van der Waals surface area contributed by atoms with Crippen LogP contribution in [0.5, 0.6) is 0 Å². The molecule has 0 spiro atoms. The van der Waals surface area contributed by atoms with Crippen LogP contribution in [-0.2, 0) is 0 Å². The summed E-state index contributed by atoms with van der Waals surface area (Å²) in [6.07, 6.45) is 0. The number of amides is 1. The molecule has 0 saturated heterocycles. The van der Waals surface area contributed by atoms with Crippen molar-refractivity contribution in [3.63, 3.8) is 0 Å². The van der Waals surface area contributed by atoms with Crippen molar-refractivity contribution in [2.45, 2.75) is 0 Å². The van der Waals surface area contributed by atoms with Gasteiger partial charge in [-0.15, -0.1) is 0 Å². The van der Waals surface area contributed by atoms with Crippen LogP contribution in [0.25, 0.3) is 0 Å². The van der Waals surface area contributed by atoms with E-state index in [1.165, 1.54) is 0 Å². The van der Waals surface area contributed by atoms with Gasteiger partial charge in [-0.25, -0.2) is 0 Å². The summed E-state index contributed by atoms with van der Waals surface area (Å²) in [5.41, 5.74) is 1.92. The number of nitrogens with one attached hydrogen (secondary N) is 1. The van der Waals surface area contributed by atoms with Crippen molar-refractivity contribution >= 4 is 56.4 Å². The molecule has 0 bridgehead atoms. The van der Waals surface area contributed by atoms with Gasteiger partial charge in [-0.2, -0.15) is 0 Å². The van der Waals surface area contributed by atoms with Crippen LogP contribution < -0.4 is 10.2 Å². The van der Waals surface area contributed by atoms with Crippen LogP contribution in [0.4, 0.5) is 11.4 Å². The van der Waals surface area contributed by atoms with E-state index in [0.717, 1.165) is 5.69 Å². The van der Waals surface area contributed by atoms with Gasteiger partial charge in [0.1, 0.15) is 0 Å². The van der Waals surface area contributed by atoms with E-state index in [9.17, 15) is 4.79 Å². The Morgan fingerprint density at radius 3 is 2.52 bits per heavy atom. The molecular formula is C15H13BrCl2N2O. The zero-order chi connectivity index (χ0) is 15.6. The highest BCUT2D eigenvalue weighted by atomic mass is 79.9. The van der Waals surface area contributed by atoms with E-state index in [1.54, 1.807) is 30.3 Å². The monoisotopic (exact) mass is 386 g/mol. The molecule has 0 fully saturated rings. The van der Waals surface area contributed by atoms with Crippen molar-refractivity contribution in [3.05, 3.63) is 56.5 Å². The maximum absolute atomic E-state index is 12.4. The number of rotatable bonds is 3. The Bertz CT molecular complexity index is 689. The SMILES string of the molecule is CN(C)c1c(Cl)cccc1NC(=O)c1ccc(Cl)cc1Br. The van der Waals surface area contributed by atoms with E-state index in [2.05, 4.69) is 21.2 Å². The zero-order valence-corrected chi connectivity index (χ0v) is 14.6. The standard InChI is InChI=1S/C15H13BrCl2N2O/c1-20(2)14-12(18)4-3-5-13(14)19-15(21)10-7-6-9(17)8-11(10)16/h3-8H,1-2H3,(H,19,21). The minimum absolute atomic E-state index is 0.232. The molecule has 1 amide bonds. The summed E-state index contributed by atoms with van der Waals surface area (Å²) in [4.78, 5) is 14.2. The molecule has 2 aromatic rings. The fourth-order valence-corrected chi connectivity index (χ4v) is 3.14. The van der Waals surface area contributed by atoms with E-state index >= 15 is 0 Å². The van der Waals surface area contributed by atoms with Crippen LogP contribution in [0.15, 0.2) is 40.9 Å². The van der Waals surface area contributed by atoms with Crippen molar-refractivity contribution in [3.8, 4) is 0 Å². The van der Waals surface area contributed by atoms with Crippen LogP contribution in [0.2, 0.25) is 10.0 Å². The van der Waals surface area contributed by atoms with Crippen molar-refractivity contribution in [2.75, 3.05) is 24.3 Å². The molecule has 0 aliphatic heterocycles. The van der Waals surface area contributed by atoms with Gasteiger partial charge in [0.25, 0.3) is 5.91 Å². The Morgan fingerprint density at radius 2 is 1.90 bits per heavy atom. The first-order chi connectivity index (χ1) is 9.90. The quantitative estimate of drug-likeness (QED) is 0.796. The largest absolute Gasteiger partial charge is 0.375 e. The molecule has 0 aliphatic carbocycles. The lowest BCUT2D eigenvalue weighted by Crippen LogP contribution is -2.17. The average molecular weight is 388 g/mol. The molecule has 2 rings (SSSR count). The average Bonchev–Trinajstić information content (AvgIpc) is 2.37. The van der Waals surface area contributed by atoms with Gasteiger partial charge in [0.2, 0.25) is 0 Å². The summed E-state index contributed by atoms with van der Waals surface area (Å²) >= 11 is 15.4. The van der Waals surface area contributed by atoms with Crippen molar-refractivity contribution in [1.29, 1.82) is 0 Å². The molecule has 0 unspecified atom stereocenters. The van der Waals surface area contributed by atoms with Crippen LogP contribution in [0.1, 0.15) is 10.4 Å². The Morgan fingerprint density at radius 1 is 1.19 bits per heavy atom. The van der Waals surface area contributed by atoms with Gasteiger partial charge < -0.3 is 10.2 Å².